The first kappa shape index (κ1) is 21.1. The summed E-state index contributed by atoms with van der Waals surface area (Å²) in [4.78, 5) is 25.5. The zero-order chi connectivity index (χ0) is 20.0. The second-order valence-corrected chi connectivity index (χ2v) is 8.48. The van der Waals surface area contributed by atoms with Crippen LogP contribution in [0.3, 0.4) is 0 Å². The van der Waals surface area contributed by atoms with Gasteiger partial charge in [-0.3, -0.25) is 13.9 Å². The van der Waals surface area contributed by atoms with Gasteiger partial charge < -0.3 is 9.64 Å². The van der Waals surface area contributed by atoms with Gasteiger partial charge in [-0.05, 0) is 31.4 Å². The number of methoxy groups -OCH3 is 1. The number of piperidine rings is 1. The van der Waals surface area contributed by atoms with Crippen LogP contribution in [0.15, 0.2) is 24.3 Å². The van der Waals surface area contributed by atoms with Gasteiger partial charge in [0.1, 0.15) is 5.82 Å². The van der Waals surface area contributed by atoms with Crippen molar-refractivity contribution in [2.75, 3.05) is 37.3 Å². The van der Waals surface area contributed by atoms with Gasteiger partial charge in [0.15, 0.2) is 0 Å². The highest BCUT2D eigenvalue weighted by molar-refractivity contribution is 7.92. The number of hydrogen-bond acceptors (Lipinski definition) is 5. The third-order valence-electron chi connectivity index (χ3n) is 4.66. The van der Waals surface area contributed by atoms with Gasteiger partial charge in [-0.15, -0.1) is 0 Å². The zero-order valence-electron chi connectivity index (χ0n) is 15.6. The highest BCUT2D eigenvalue weighted by Gasteiger charge is 2.28. The molecule has 1 aromatic rings. The van der Waals surface area contributed by atoms with Crippen molar-refractivity contribution in [3.8, 4) is 0 Å². The molecule has 0 spiro atoms. The van der Waals surface area contributed by atoms with Crippen molar-refractivity contribution in [1.29, 1.82) is 0 Å². The molecule has 9 heteroatoms. The van der Waals surface area contributed by atoms with Gasteiger partial charge in [-0.1, -0.05) is 12.1 Å². The molecule has 0 N–H and O–H groups in total. The molecule has 0 radical (unpaired) electrons. The molecule has 150 valence electrons. The van der Waals surface area contributed by atoms with E-state index in [9.17, 15) is 22.4 Å². The molecule has 7 nitrogen and oxygen atoms in total. The number of nitrogens with zero attached hydrogens (tertiary/aromatic N) is 2. The third kappa shape index (κ3) is 5.66. The molecule has 1 aliphatic rings. The Labute approximate surface area is 159 Å². The van der Waals surface area contributed by atoms with E-state index in [1.165, 1.54) is 25.3 Å². The summed E-state index contributed by atoms with van der Waals surface area (Å²) in [6.07, 6.45) is 2.56. The molecular weight excluding hydrogens is 375 g/mol. The topological polar surface area (TPSA) is 84.0 Å². The first-order valence-electron chi connectivity index (χ1n) is 8.82. The molecule has 1 aliphatic heterocycles. The Morgan fingerprint density at radius 2 is 1.89 bits per heavy atom. The fourth-order valence-electron chi connectivity index (χ4n) is 3.18. The second-order valence-electron chi connectivity index (χ2n) is 6.57. The van der Waals surface area contributed by atoms with Crippen molar-refractivity contribution in [2.24, 2.45) is 5.92 Å². The molecule has 0 saturated carbocycles. The van der Waals surface area contributed by atoms with Gasteiger partial charge in [-0.25, -0.2) is 12.8 Å². The number of carbonyl (C=O) groups excluding carboxylic acids is 2. The Kier molecular flexibility index (Phi) is 7.18. The minimum atomic E-state index is -3.67. The molecule has 1 aromatic carbocycles. The van der Waals surface area contributed by atoms with Gasteiger partial charge in [0.05, 0.1) is 25.0 Å². The molecule has 0 unspecified atom stereocenters. The predicted molar refractivity (Wildman–Crippen MR) is 99.1 cm³/mol. The Hall–Kier alpha value is -2.16. The number of esters is 1. The van der Waals surface area contributed by atoms with E-state index in [0.717, 1.165) is 10.6 Å². The lowest BCUT2D eigenvalue weighted by Crippen LogP contribution is -2.41. The van der Waals surface area contributed by atoms with Crippen LogP contribution < -0.4 is 4.31 Å². The maximum absolute atomic E-state index is 14.0. The number of likely N-dealkylation sites (tertiary alicyclic amines) is 1. The summed E-state index contributed by atoms with van der Waals surface area (Å²) >= 11 is 0. The summed E-state index contributed by atoms with van der Waals surface area (Å²) < 4.78 is 43.7. The number of anilines is 1. The molecule has 2 rings (SSSR count). The monoisotopic (exact) mass is 400 g/mol. The Balaban J connectivity index is 1.89. The van der Waals surface area contributed by atoms with Crippen LogP contribution in [0.4, 0.5) is 10.1 Å². The van der Waals surface area contributed by atoms with Crippen molar-refractivity contribution in [2.45, 2.75) is 25.7 Å². The molecule has 1 saturated heterocycles. The van der Waals surface area contributed by atoms with Gasteiger partial charge in [0.2, 0.25) is 15.9 Å². The van der Waals surface area contributed by atoms with Crippen LogP contribution in [0.2, 0.25) is 0 Å². The number of rotatable bonds is 7. The van der Waals surface area contributed by atoms with Gasteiger partial charge in [0.25, 0.3) is 0 Å². The number of halogens is 1. The van der Waals surface area contributed by atoms with Gasteiger partial charge in [-0.2, -0.15) is 0 Å². The highest BCUT2D eigenvalue weighted by atomic mass is 32.2. The van der Waals surface area contributed by atoms with Crippen LogP contribution >= 0.6 is 0 Å². The maximum atomic E-state index is 14.0. The van der Waals surface area contributed by atoms with E-state index in [4.69, 9.17) is 4.74 Å². The molecule has 27 heavy (non-hydrogen) atoms. The van der Waals surface area contributed by atoms with E-state index < -0.39 is 15.8 Å². The van der Waals surface area contributed by atoms with Crippen molar-refractivity contribution >= 4 is 27.6 Å². The molecule has 1 heterocycles. The van der Waals surface area contributed by atoms with Crippen LogP contribution in [-0.4, -0.2) is 58.2 Å². The fraction of sp³-hybridized carbons (Fsp3) is 0.556. The van der Waals surface area contributed by atoms with Crippen LogP contribution in [0.5, 0.6) is 0 Å². The number of para-hydroxylation sites is 1. The lowest BCUT2D eigenvalue weighted by atomic mass is 9.97. The predicted octanol–water partition coefficient (Wildman–Crippen LogP) is 1.78. The second kappa shape index (κ2) is 9.16. The van der Waals surface area contributed by atoms with Crippen LogP contribution in [0.25, 0.3) is 0 Å². The van der Waals surface area contributed by atoms with E-state index in [0.29, 0.717) is 25.9 Å². The average molecular weight is 400 g/mol. The normalized spacial score (nSPS) is 15.4. The van der Waals surface area contributed by atoms with E-state index >= 15 is 0 Å². The number of amides is 1. The Bertz CT molecular complexity index is 776. The summed E-state index contributed by atoms with van der Waals surface area (Å²) in [6, 6.07) is 5.65. The maximum Gasteiger partial charge on any atom is 0.308 e. The summed E-state index contributed by atoms with van der Waals surface area (Å²) in [6.45, 7) is 0.966. The summed E-state index contributed by atoms with van der Waals surface area (Å²) in [5.74, 6) is -1.16. The quantitative estimate of drug-likeness (QED) is 0.652. The molecular formula is C18H25FN2O5S. The molecule has 0 aromatic heterocycles. The molecule has 0 aliphatic carbocycles. The smallest absolute Gasteiger partial charge is 0.308 e. The lowest BCUT2D eigenvalue weighted by Gasteiger charge is -2.31. The lowest BCUT2D eigenvalue weighted by molar-refractivity contribution is -0.148. The van der Waals surface area contributed by atoms with Crippen molar-refractivity contribution in [3.05, 3.63) is 30.1 Å². The van der Waals surface area contributed by atoms with E-state index in [1.807, 2.05) is 0 Å². The van der Waals surface area contributed by atoms with E-state index in [1.54, 1.807) is 11.0 Å². The van der Waals surface area contributed by atoms with Crippen molar-refractivity contribution in [3.63, 3.8) is 0 Å². The zero-order valence-corrected chi connectivity index (χ0v) is 16.4. The van der Waals surface area contributed by atoms with Crippen LogP contribution in [0.1, 0.15) is 25.7 Å². The minimum Gasteiger partial charge on any atom is -0.469 e. The standard InChI is InChI=1S/C18H25FN2O5S/c1-26-18(23)14-9-12-20(13-10-14)17(22)8-5-11-21(27(2,24)25)16-7-4-3-6-15(16)19/h3-4,6-7,14H,5,8-13H2,1-2H3. The number of ether oxygens (including phenoxy) is 1. The molecule has 0 atom stereocenters. The molecule has 1 fully saturated rings. The number of hydrogen-bond donors (Lipinski definition) is 0. The number of sulfonamides is 1. The summed E-state index contributed by atoms with van der Waals surface area (Å²) in [7, 11) is -2.32. The largest absolute Gasteiger partial charge is 0.469 e. The number of benzene rings is 1. The van der Waals surface area contributed by atoms with Crippen LogP contribution in [0, 0.1) is 11.7 Å². The average Bonchev–Trinajstić information content (AvgIpc) is 2.64. The molecule has 1 amide bonds. The van der Waals surface area contributed by atoms with E-state index in [2.05, 4.69) is 0 Å². The molecule has 0 bridgehead atoms. The fourth-order valence-corrected chi connectivity index (χ4v) is 4.15. The van der Waals surface area contributed by atoms with Crippen molar-refractivity contribution < 1.29 is 27.1 Å². The Morgan fingerprint density at radius 1 is 1.26 bits per heavy atom. The minimum absolute atomic E-state index is 0.0180. The highest BCUT2D eigenvalue weighted by Crippen LogP contribution is 2.23. The number of carbonyl (C=O) groups is 2. The Morgan fingerprint density at radius 3 is 2.44 bits per heavy atom. The SMILES string of the molecule is COC(=O)C1CCN(C(=O)CCCN(c2ccccc2F)S(C)(=O)=O)CC1. The van der Waals surface area contributed by atoms with Crippen LogP contribution in [-0.2, 0) is 24.3 Å². The third-order valence-corrected chi connectivity index (χ3v) is 5.84. The van der Waals surface area contributed by atoms with Gasteiger partial charge >= 0.3 is 5.97 Å². The first-order valence-corrected chi connectivity index (χ1v) is 10.7. The first-order chi connectivity index (χ1) is 12.7. The summed E-state index contributed by atoms with van der Waals surface area (Å²) in [5, 5.41) is 0. The van der Waals surface area contributed by atoms with Gasteiger partial charge in [0, 0.05) is 26.1 Å². The summed E-state index contributed by atoms with van der Waals surface area (Å²) in [5.41, 5.74) is -0.0219. The van der Waals surface area contributed by atoms with E-state index in [-0.39, 0.29) is 42.9 Å². The van der Waals surface area contributed by atoms with Crippen molar-refractivity contribution in [1.82, 2.24) is 4.90 Å².